The van der Waals surface area contributed by atoms with Crippen LogP contribution in [-0.2, 0) is 16.6 Å². The van der Waals surface area contributed by atoms with Crippen LogP contribution in [0.4, 0.5) is 0 Å². The molecule has 0 fully saturated rings. The predicted molar refractivity (Wildman–Crippen MR) is 70.2 cm³/mol. The summed E-state index contributed by atoms with van der Waals surface area (Å²) in [5.41, 5.74) is 0.828. The number of ether oxygens (including phenoxy) is 1. The van der Waals surface area contributed by atoms with Crippen molar-refractivity contribution in [2.75, 3.05) is 6.61 Å². The predicted octanol–water partition coefficient (Wildman–Crippen LogP) is 1.29. The van der Waals surface area contributed by atoms with E-state index in [2.05, 4.69) is 14.7 Å². The first-order chi connectivity index (χ1) is 9.12. The van der Waals surface area contributed by atoms with Crippen LogP contribution in [-0.4, -0.2) is 25.0 Å². The zero-order valence-electron chi connectivity index (χ0n) is 10.5. The largest absolute Gasteiger partial charge is 0.494 e. The summed E-state index contributed by atoms with van der Waals surface area (Å²) in [4.78, 5) is 6.25. The van der Waals surface area contributed by atoms with E-state index in [0.29, 0.717) is 6.61 Å². The molecule has 1 aromatic heterocycles. The highest BCUT2D eigenvalue weighted by Gasteiger charge is 2.14. The van der Waals surface area contributed by atoms with Crippen LogP contribution in [0.3, 0.4) is 0 Å². The highest BCUT2D eigenvalue weighted by molar-refractivity contribution is 7.89. The van der Waals surface area contributed by atoms with Crippen molar-refractivity contribution in [3.63, 3.8) is 0 Å². The summed E-state index contributed by atoms with van der Waals surface area (Å²) in [5.74, 6) is 0.723. The van der Waals surface area contributed by atoms with Crippen LogP contribution in [0.15, 0.2) is 41.8 Å². The zero-order chi connectivity index (χ0) is 13.7. The van der Waals surface area contributed by atoms with Gasteiger partial charge in [0, 0.05) is 6.54 Å². The van der Waals surface area contributed by atoms with Gasteiger partial charge in [0.05, 0.1) is 19.1 Å². The lowest BCUT2D eigenvalue weighted by Gasteiger charge is -2.07. The Bertz CT molecular complexity index is 623. The third-order valence-corrected chi connectivity index (χ3v) is 3.77. The van der Waals surface area contributed by atoms with E-state index in [9.17, 15) is 8.42 Å². The van der Waals surface area contributed by atoms with Gasteiger partial charge in [-0.3, -0.25) is 0 Å². The number of aromatic nitrogens is 2. The van der Waals surface area contributed by atoms with Gasteiger partial charge in [-0.1, -0.05) is 12.1 Å². The number of rotatable bonds is 6. The average Bonchev–Trinajstić information content (AvgIpc) is 2.92. The summed E-state index contributed by atoms with van der Waals surface area (Å²) in [6.45, 7) is 2.67. The molecule has 0 saturated carbocycles. The lowest BCUT2D eigenvalue weighted by molar-refractivity contribution is 0.340. The van der Waals surface area contributed by atoms with E-state index in [1.807, 2.05) is 25.1 Å². The van der Waals surface area contributed by atoms with Gasteiger partial charge in [0.15, 0.2) is 5.03 Å². The molecule has 2 rings (SSSR count). The van der Waals surface area contributed by atoms with Crippen molar-refractivity contribution in [3.05, 3.63) is 42.4 Å². The highest BCUT2D eigenvalue weighted by atomic mass is 32.2. The van der Waals surface area contributed by atoms with E-state index in [1.165, 1.54) is 12.5 Å². The van der Waals surface area contributed by atoms with Crippen LogP contribution in [0.2, 0.25) is 0 Å². The van der Waals surface area contributed by atoms with E-state index < -0.39 is 10.0 Å². The Morgan fingerprint density at radius 3 is 2.95 bits per heavy atom. The van der Waals surface area contributed by atoms with Crippen molar-refractivity contribution in [2.45, 2.75) is 18.5 Å². The molecule has 6 nitrogen and oxygen atoms in total. The van der Waals surface area contributed by atoms with Gasteiger partial charge in [-0.25, -0.2) is 18.1 Å². The van der Waals surface area contributed by atoms with Crippen LogP contribution in [0, 0.1) is 0 Å². The molecule has 2 aromatic rings. The molecule has 0 radical (unpaired) electrons. The molecule has 0 amide bonds. The summed E-state index contributed by atoms with van der Waals surface area (Å²) >= 11 is 0. The van der Waals surface area contributed by atoms with Crippen molar-refractivity contribution in [1.29, 1.82) is 0 Å². The van der Waals surface area contributed by atoms with Crippen LogP contribution >= 0.6 is 0 Å². The van der Waals surface area contributed by atoms with Crippen molar-refractivity contribution < 1.29 is 13.2 Å². The third-order valence-electron chi connectivity index (χ3n) is 2.44. The molecule has 0 unspecified atom stereocenters. The number of hydrogen-bond donors (Lipinski definition) is 2. The number of sulfonamides is 1. The van der Waals surface area contributed by atoms with Crippen molar-refractivity contribution >= 4 is 10.0 Å². The Morgan fingerprint density at radius 1 is 1.42 bits per heavy atom. The molecule has 19 heavy (non-hydrogen) atoms. The van der Waals surface area contributed by atoms with E-state index in [0.717, 1.165) is 11.3 Å². The van der Waals surface area contributed by atoms with Crippen LogP contribution in [0.5, 0.6) is 5.75 Å². The molecule has 0 aliphatic carbocycles. The smallest absolute Gasteiger partial charge is 0.257 e. The van der Waals surface area contributed by atoms with Gasteiger partial charge in [0.1, 0.15) is 5.75 Å². The Morgan fingerprint density at radius 2 is 2.26 bits per heavy atom. The molecule has 0 aliphatic heterocycles. The Labute approximate surface area is 111 Å². The minimum Gasteiger partial charge on any atom is -0.494 e. The number of nitrogens with one attached hydrogen (secondary N) is 2. The number of imidazole rings is 1. The Hall–Kier alpha value is -1.86. The van der Waals surface area contributed by atoms with E-state index in [-0.39, 0.29) is 11.6 Å². The molecular formula is C12H15N3O3S. The van der Waals surface area contributed by atoms with Gasteiger partial charge in [0.2, 0.25) is 0 Å². The first kappa shape index (κ1) is 13.6. The maximum absolute atomic E-state index is 11.9. The minimum atomic E-state index is -3.55. The van der Waals surface area contributed by atoms with Crippen LogP contribution in [0.1, 0.15) is 12.5 Å². The van der Waals surface area contributed by atoms with Crippen LogP contribution < -0.4 is 9.46 Å². The summed E-state index contributed by atoms with van der Waals surface area (Å²) in [7, 11) is -3.55. The third kappa shape index (κ3) is 3.55. The summed E-state index contributed by atoms with van der Waals surface area (Å²) in [6, 6.07) is 7.29. The second kappa shape index (κ2) is 5.85. The second-order valence-electron chi connectivity index (χ2n) is 3.82. The zero-order valence-corrected chi connectivity index (χ0v) is 11.3. The average molecular weight is 281 g/mol. The molecule has 0 spiro atoms. The van der Waals surface area contributed by atoms with Gasteiger partial charge in [-0.15, -0.1) is 0 Å². The van der Waals surface area contributed by atoms with E-state index in [4.69, 9.17) is 4.74 Å². The standard InChI is InChI=1S/C12H15N3O3S/c1-2-18-11-5-3-4-10(6-11)7-15-19(16,17)12-8-13-9-14-12/h3-6,8-9,15H,2,7H2,1H3,(H,13,14). The van der Waals surface area contributed by atoms with Gasteiger partial charge >= 0.3 is 0 Å². The highest BCUT2D eigenvalue weighted by Crippen LogP contribution is 2.13. The number of benzene rings is 1. The molecule has 102 valence electrons. The monoisotopic (exact) mass is 281 g/mol. The van der Waals surface area contributed by atoms with Crippen LogP contribution in [0.25, 0.3) is 0 Å². The molecule has 7 heteroatoms. The molecule has 0 atom stereocenters. The SMILES string of the molecule is CCOc1cccc(CNS(=O)(=O)c2cnc[nH]2)c1. The fraction of sp³-hybridized carbons (Fsp3) is 0.250. The summed E-state index contributed by atoms with van der Waals surface area (Å²) in [6.07, 6.45) is 2.59. The molecule has 1 heterocycles. The van der Waals surface area contributed by atoms with Gasteiger partial charge in [0.25, 0.3) is 10.0 Å². The number of aromatic amines is 1. The summed E-state index contributed by atoms with van der Waals surface area (Å²) < 4.78 is 31.6. The molecular weight excluding hydrogens is 266 g/mol. The maximum Gasteiger partial charge on any atom is 0.257 e. The van der Waals surface area contributed by atoms with Gasteiger partial charge in [-0.2, -0.15) is 0 Å². The van der Waals surface area contributed by atoms with E-state index >= 15 is 0 Å². The summed E-state index contributed by atoms with van der Waals surface area (Å²) in [5, 5.41) is 0.0495. The number of H-pyrrole nitrogens is 1. The first-order valence-electron chi connectivity index (χ1n) is 5.81. The number of nitrogens with zero attached hydrogens (tertiary/aromatic N) is 1. The molecule has 2 N–H and O–H groups in total. The Balaban J connectivity index is 2.05. The van der Waals surface area contributed by atoms with Crippen molar-refractivity contribution in [1.82, 2.24) is 14.7 Å². The lowest BCUT2D eigenvalue weighted by atomic mass is 10.2. The minimum absolute atomic E-state index is 0.0495. The van der Waals surface area contributed by atoms with Gasteiger partial charge in [-0.05, 0) is 24.6 Å². The van der Waals surface area contributed by atoms with Crippen molar-refractivity contribution in [3.8, 4) is 5.75 Å². The molecule has 1 aromatic carbocycles. The number of hydrogen-bond acceptors (Lipinski definition) is 4. The fourth-order valence-electron chi connectivity index (χ4n) is 1.56. The fourth-order valence-corrected chi connectivity index (χ4v) is 2.48. The molecule has 0 aliphatic rings. The lowest BCUT2D eigenvalue weighted by Crippen LogP contribution is -2.23. The maximum atomic E-state index is 11.9. The second-order valence-corrected chi connectivity index (χ2v) is 5.56. The quantitative estimate of drug-likeness (QED) is 0.835. The molecule has 0 saturated heterocycles. The van der Waals surface area contributed by atoms with E-state index in [1.54, 1.807) is 6.07 Å². The first-order valence-corrected chi connectivity index (χ1v) is 7.30. The topological polar surface area (TPSA) is 84.1 Å². The van der Waals surface area contributed by atoms with Crippen molar-refractivity contribution in [2.24, 2.45) is 0 Å². The normalized spacial score (nSPS) is 11.4. The Kier molecular flexibility index (Phi) is 4.18. The molecule has 0 bridgehead atoms. The van der Waals surface area contributed by atoms with Gasteiger partial charge < -0.3 is 9.72 Å².